The minimum absolute atomic E-state index is 0.0412. The van der Waals surface area contributed by atoms with Gasteiger partial charge in [-0.15, -0.1) is 0 Å². The number of nitrogens with zero attached hydrogens (tertiary/aromatic N) is 2. The smallest absolute Gasteiger partial charge is 0.264 e. The number of benzene rings is 5. The Hall–Kier alpha value is -5.41. The number of nitrogens with one attached hydrogen (secondary N) is 1. The van der Waals surface area contributed by atoms with E-state index in [1.807, 2.05) is 97.9 Å². The summed E-state index contributed by atoms with van der Waals surface area (Å²) in [6.45, 7) is 1.48. The van der Waals surface area contributed by atoms with E-state index in [0.717, 1.165) is 46.7 Å². The average molecular weight is 702 g/mol. The van der Waals surface area contributed by atoms with Crippen LogP contribution in [0.1, 0.15) is 42.4 Å². The molecule has 1 atom stereocenters. The molecule has 1 N–H and O–H groups in total. The summed E-state index contributed by atoms with van der Waals surface area (Å²) in [5.74, 6) is 0.412. The van der Waals surface area contributed by atoms with Gasteiger partial charge in [0.05, 0.1) is 10.6 Å². The number of anilines is 1. The molecule has 0 unspecified atom stereocenters. The van der Waals surface area contributed by atoms with Gasteiger partial charge in [0.1, 0.15) is 24.1 Å². The minimum Gasteiger partial charge on any atom is -0.457 e. The zero-order valence-electron chi connectivity index (χ0n) is 28.7. The number of para-hydroxylation sites is 1. The number of ether oxygens (including phenoxy) is 1. The first-order chi connectivity index (χ1) is 24.8. The lowest BCUT2D eigenvalue weighted by atomic mass is 10.0. The molecule has 1 aliphatic rings. The van der Waals surface area contributed by atoms with Gasteiger partial charge in [-0.3, -0.25) is 13.9 Å². The van der Waals surface area contributed by atoms with E-state index >= 15 is 0 Å². The summed E-state index contributed by atoms with van der Waals surface area (Å²) < 4.78 is 35.9. The first kappa shape index (κ1) is 35.4. The Bertz CT molecular complexity index is 1980. The van der Waals surface area contributed by atoms with Crippen molar-refractivity contribution in [2.24, 2.45) is 0 Å². The van der Waals surface area contributed by atoms with Crippen molar-refractivity contribution in [3.05, 3.63) is 156 Å². The number of carbonyl (C=O) groups is 2. The summed E-state index contributed by atoms with van der Waals surface area (Å²) in [6.07, 6.45) is 4.14. The number of amides is 2. The van der Waals surface area contributed by atoms with E-state index in [2.05, 4.69) is 5.32 Å². The molecule has 9 heteroatoms. The number of hydrogen-bond donors (Lipinski definition) is 1. The van der Waals surface area contributed by atoms with Crippen molar-refractivity contribution in [2.75, 3.05) is 10.8 Å². The van der Waals surface area contributed by atoms with E-state index in [1.54, 1.807) is 48.5 Å². The van der Waals surface area contributed by atoms with Crippen molar-refractivity contribution >= 4 is 27.5 Å². The zero-order chi connectivity index (χ0) is 35.6. The van der Waals surface area contributed by atoms with E-state index in [4.69, 9.17) is 4.74 Å². The Morgan fingerprint density at radius 2 is 1.27 bits per heavy atom. The number of aryl methyl sites for hydroxylation is 1. The second-order valence-corrected chi connectivity index (χ2v) is 14.8. The van der Waals surface area contributed by atoms with E-state index in [-0.39, 0.29) is 29.8 Å². The molecular formula is C42H43N3O5S. The standard InChI is InChI=1S/C42H43N3O5S/c1-32-21-27-39(28-22-32)51(48,49)45(36-23-25-38(26-24-36)50-37-19-9-4-10-20-37)31-41(46)44(30-34-15-7-3-8-16-34)40(29-33-13-5-2-6-14-33)42(47)43-35-17-11-12-18-35/h2-10,13-16,19-28,35,40H,11-12,17-18,29-31H2,1H3,(H,43,47)/t40-/m0/s1. The van der Waals surface area contributed by atoms with E-state index in [9.17, 15) is 18.0 Å². The number of rotatable bonds is 14. The maximum Gasteiger partial charge on any atom is 0.264 e. The predicted molar refractivity (Wildman–Crippen MR) is 200 cm³/mol. The molecule has 0 bridgehead atoms. The fourth-order valence-corrected chi connectivity index (χ4v) is 7.79. The number of hydrogen-bond acceptors (Lipinski definition) is 5. The van der Waals surface area contributed by atoms with Gasteiger partial charge in [-0.1, -0.05) is 109 Å². The topological polar surface area (TPSA) is 96.0 Å². The molecule has 5 aromatic rings. The molecule has 8 nitrogen and oxygen atoms in total. The lowest BCUT2D eigenvalue weighted by Gasteiger charge is -2.34. The molecule has 1 saturated carbocycles. The Balaban J connectivity index is 1.37. The van der Waals surface area contributed by atoms with Crippen molar-refractivity contribution in [3.63, 3.8) is 0 Å². The van der Waals surface area contributed by atoms with Gasteiger partial charge in [-0.2, -0.15) is 0 Å². The van der Waals surface area contributed by atoms with Crippen LogP contribution in [0.3, 0.4) is 0 Å². The normalized spacial score (nSPS) is 13.7. The molecule has 2 amide bonds. The molecule has 1 aliphatic carbocycles. The molecule has 0 saturated heterocycles. The Labute approximate surface area is 300 Å². The SMILES string of the molecule is Cc1ccc(S(=O)(=O)N(CC(=O)N(Cc2ccccc2)[C@@H](Cc2ccccc2)C(=O)NC2CCCC2)c2ccc(Oc3ccccc3)cc2)cc1. The third-order valence-electron chi connectivity index (χ3n) is 9.16. The molecule has 0 heterocycles. The molecule has 51 heavy (non-hydrogen) atoms. The summed E-state index contributed by atoms with van der Waals surface area (Å²) in [5.41, 5.74) is 2.92. The van der Waals surface area contributed by atoms with Crippen LogP contribution in [-0.2, 0) is 32.6 Å². The van der Waals surface area contributed by atoms with E-state index in [0.29, 0.717) is 17.2 Å². The zero-order valence-corrected chi connectivity index (χ0v) is 29.5. The first-order valence-corrected chi connectivity index (χ1v) is 18.8. The van der Waals surface area contributed by atoms with Gasteiger partial charge in [-0.25, -0.2) is 8.42 Å². The van der Waals surface area contributed by atoms with Crippen LogP contribution < -0.4 is 14.4 Å². The number of carbonyl (C=O) groups excluding carboxylic acids is 2. The highest BCUT2D eigenvalue weighted by molar-refractivity contribution is 7.92. The Morgan fingerprint density at radius 3 is 1.88 bits per heavy atom. The quantitative estimate of drug-likeness (QED) is 0.128. The van der Waals surface area contributed by atoms with Crippen LogP contribution in [-0.4, -0.2) is 43.8 Å². The second kappa shape index (κ2) is 16.5. The monoisotopic (exact) mass is 701 g/mol. The van der Waals surface area contributed by atoms with Crippen LogP contribution in [0, 0.1) is 6.92 Å². The third-order valence-corrected chi connectivity index (χ3v) is 10.9. The van der Waals surface area contributed by atoms with Gasteiger partial charge in [0.15, 0.2) is 0 Å². The highest BCUT2D eigenvalue weighted by Gasteiger charge is 2.35. The van der Waals surface area contributed by atoms with Gasteiger partial charge in [-0.05, 0) is 79.4 Å². The minimum atomic E-state index is -4.22. The highest BCUT2D eigenvalue weighted by atomic mass is 32.2. The van der Waals surface area contributed by atoms with Crippen LogP contribution in [0.25, 0.3) is 0 Å². The van der Waals surface area contributed by atoms with Crippen LogP contribution in [0.15, 0.2) is 144 Å². The predicted octanol–water partition coefficient (Wildman–Crippen LogP) is 7.68. The summed E-state index contributed by atoms with van der Waals surface area (Å²) in [7, 11) is -4.22. The molecule has 0 aromatic heterocycles. The Morgan fingerprint density at radius 1 is 0.725 bits per heavy atom. The van der Waals surface area contributed by atoms with Gasteiger partial charge in [0, 0.05) is 19.0 Å². The largest absolute Gasteiger partial charge is 0.457 e. The van der Waals surface area contributed by atoms with Gasteiger partial charge < -0.3 is 15.0 Å². The van der Waals surface area contributed by atoms with E-state index in [1.165, 1.54) is 4.90 Å². The maximum atomic E-state index is 14.8. The van der Waals surface area contributed by atoms with Gasteiger partial charge in [0.2, 0.25) is 11.8 Å². The average Bonchev–Trinajstić information content (AvgIpc) is 3.67. The van der Waals surface area contributed by atoms with Crippen LogP contribution in [0.5, 0.6) is 11.5 Å². The van der Waals surface area contributed by atoms with Crippen LogP contribution >= 0.6 is 0 Å². The van der Waals surface area contributed by atoms with Crippen molar-refractivity contribution < 1.29 is 22.7 Å². The lowest BCUT2D eigenvalue weighted by molar-refractivity contribution is -0.140. The molecule has 0 aliphatic heterocycles. The fraction of sp³-hybridized carbons (Fsp3) is 0.238. The second-order valence-electron chi connectivity index (χ2n) is 12.9. The molecule has 6 rings (SSSR count). The summed E-state index contributed by atoms with van der Waals surface area (Å²) in [5, 5.41) is 3.21. The highest BCUT2D eigenvalue weighted by Crippen LogP contribution is 2.29. The molecule has 262 valence electrons. The van der Waals surface area contributed by atoms with Crippen molar-refractivity contribution in [3.8, 4) is 11.5 Å². The molecule has 1 fully saturated rings. The third kappa shape index (κ3) is 9.23. The van der Waals surface area contributed by atoms with Crippen molar-refractivity contribution in [2.45, 2.75) is 62.6 Å². The van der Waals surface area contributed by atoms with Crippen molar-refractivity contribution in [1.82, 2.24) is 10.2 Å². The summed E-state index contributed by atoms with van der Waals surface area (Å²) in [6, 6.07) is 40.7. The Kier molecular flexibility index (Phi) is 11.5. The van der Waals surface area contributed by atoms with Crippen LogP contribution in [0.2, 0.25) is 0 Å². The molecule has 5 aromatic carbocycles. The molecule has 0 spiro atoms. The summed E-state index contributed by atoms with van der Waals surface area (Å²) >= 11 is 0. The van der Waals surface area contributed by atoms with Gasteiger partial charge >= 0.3 is 0 Å². The lowest BCUT2D eigenvalue weighted by Crippen LogP contribution is -2.54. The van der Waals surface area contributed by atoms with Crippen LogP contribution in [0.4, 0.5) is 5.69 Å². The number of sulfonamides is 1. The first-order valence-electron chi connectivity index (χ1n) is 17.4. The molecular weight excluding hydrogens is 659 g/mol. The van der Waals surface area contributed by atoms with Crippen molar-refractivity contribution in [1.29, 1.82) is 0 Å². The van der Waals surface area contributed by atoms with E-state index < -0.39 is 28.5 Å². The maximum absolute atomic E-state index is 14.8. The summed E-state index contributed by atoms with van der Waals surface area (Å²) in [4.78, 5) is 30.5. The van der Waals surface area contributed by atoms with Gasteiger partial charge in [0.25, 0.3) is 10.0 Å². The molecule has 0 radical (unpaired) electrons. The fourth-order valence-electron chi connectivity index (χ4n) is 6.37.